The number of amides is 1. The molecule has 0 aromatic carbocycles. The molecule has 1 aliphatic heterocycles. The number of aromatic nitrogens is 4. The Hall–Kier alpha value is -2.18. The largest absolute Gasteiger partial charge is 0.369 e. The number of hydrogen-bond acceptors (Lipinski definition) is 5. The maximum Gasteiger partial charge on any atom is 0.222 e. The van der Waals surface area contributed by atoms with Crippen LogP contribution in [0.15, 0.2) is 12.4 Å². The lowest BCUT2D eigenvalue weighted by molar-refractivity contribution is -0.121. The predicted molar refractivity (Wildman–Crippen MR) is 83.6 cm³/mol. The highest BCUT2D eigenvalue weighted by Gasteiger charge is 2.25. The summed E-state index contributed by atoms with van der Waals surface area (Å²) in [7, 11) is 0. The average molecular weight is 302 g/mol. The Bertz CT molecular complexity index is 680. The Morgan fingerprint density at radius 1 is 1.41 bits per heavy atom. The van der Waals surface area contributed by atoms with E-state index in [1.54, 1.807) is 10.8 Å². The Labute approximate surface area is 129 Å². The maximum absolute atomic E-state index is 11.6. The van der Waals surface area contributed by atoms with Gasteiger partial charge in [-0.2, -0.15) is 9.61 Å². The summed E-state index contributed by atoms with van der Waals surface area (Å²) in [6, 6.07) is 2.07. The summed E-state index contributed by atoms with van der Waals surface area (Å²) in [4.78, 5) is 13.8. The number of rotatable bonds is 3. The number of hydrogen-bond donors (Lipinski definition) is 1. The van der Waals surface area contributed by atoms with Gasteiger partial charge in [-0.1, -0.05) is 20.3 Å². The van der Waals surface area contributed by atoms with Gasteiger partial charge >= 0.3 is 0 Å². The molecule has 1 atom stereocenters. The van der Waals surface area contributed by atoms with Crippen LogP contribution in [-0.4, -0.2) is 38.8 Å². The van der Waals surface area contributed by atoms with Gasteiger partial charge in [0.2, 0.25) is 11.6 Å². The summed E-state index contributed by atoms with van der Waals surface area (Å²) in [5.41, 5.74) is 8.25. The highest BCUT2D eigenvalue weighted by atomic mass is 16.1. The molecule has 1 aliphatic rings. The van der Waals surface area contributed by atoms with Crippen molar-refractivity contribution in [2.45, 2.75) is 39.0 Å². The van der Waals surface area contributed by atoms with Crippen LogP contribution < -0.4 is 10.6 Å². The monoisotopic (exact) mass is 302 g/mol. The van der Waals surface area contributed by atoms with E-state index in [1.807, 2.05) is 0 Å². The lowest BCUT2D eigenvalue weighted by Gasteiger charge is -2.26. The molecule has 1 unspecified atom stereocenters. The van der Waals surface area contributed by atoms with Gasteiger partial charge < -0.3 is 10.6 Å². The van der Waals surface area contributed by atoms with Crippen LogP contribution >= 0.6 is 0 Å². The van der Waals surface area contributed by atoms with Crippen LogP contribution in [0.5, 0.6) is 0 Å². The predicted octanol–water partition coefficient (Wildman–Crippen LogP) is 1.34. The van der Waals surface area contributed by atoms with Crippen molar-refractivity contribution in [3.8, 4) is 0 Å². The smallest absolute Gasteiger partial charge is 0.222 e. The first-order chi connectivity index (χ1) is 10.6. The molecular weight excluding hydrogens is 280 g/mol. The zero-order chi connectivity index (χ0) is 15.7. The van der Waals surface area contributed by atoms with E-state index in [1.165, 1.54) is 0 Å². The Morgan fingerprint density at radius 3 is 2.95 bits per heavy atom. The molecule has 118 valence electrons. The summed E-state index contributed by atoms with van der Waals surface area (Å²) < 4.78 is 1.72. The minimum Gasteiger partial charge on any atom is -0.369 e. The second-order valence-corrected chi connectivity index (χ2v) is 6.25. The third-order valence-corrected chi connectivity index (χ3v) is 4.27. The SMILES string of the molecule is CC(C)c1cc(N2CCCCC(C(N)=O)C2)c2nncn2n1. The van der Waals surface area contributed by atoms with Gasteiger partial charge in [-0.25, -0.2) is 0 Å². The molecule has 2 N–H and O–H groups in total. The molecule has 7 heteroatoms. The first kappa shape index (κ1) is 14.7. The second-order valence-electron chi connectivity index (χ2n) is 6.25. The van der Waals surface area contributed by atoms with Crippen molar-refractivity contribution in [1.82, 2.24) is 19.8 Å². The molecule has 0 aliphatic carbocycles. The van der Waals surface area contributed by atoms with Gasteiger partial charge in [-0.05, 0) is 24.8 Å². The Balaban J connectivity index is 2.03. The third-order valence-electron chi connectivity index (χ3n) is 4.27. The van der Waals surface area contributed by atoms with Crippen molar-refractivity contribution in [2.24, 2.45) is 11.7 Å². The molecule has 1 saturated heterocycles. The fourth-order valence-corrected chi connectivity index (χ4v) is 2.94. The molecule has 0 radical (unpaired) electrons. The van der Waals surface area contributed by atoms with Gasteiger partial charge in [-0.15, -0.1) is 10.2 Å². The summed E-state index contributed by atoms with van der Waals surface area (Å²) in [6.45, 7) is 5.75. The molecule has 0 bridgehead atoms. The van der Waals surface area contributed by atoms with Gasteiger partial charge in [0.1, 0.15) is 6.33 Å². The normalized spacial score (nSPS) is 19.6. The lowest BCUT2D eigenvalue weighted by Crippen LogP contribution is -2.35. The van der Waals surface area contributed by atoms with Crippen LogP contribution in [0.3, 0.4) is 0 Å². The fourth-order valence-electron chi connectivity index (χ4n) is 2.94. The second kappa shape index (κ2) is 5.90. The van der Waals surface area contributed by atoms with Crippen LogP contribution in [0.2, 0.25) is 0 Å². The summed E-state index contributed by atoms with van der Waals surface area (Å²) in [6.07, 6.45) is 4.55. The molecule has 1 fully saturated rings. The van der Waals surface area contributed by atoms with Crippen molar-refractivity contribution in [1.29, 1.82) is 0 Å². The molecule has 2 aromatic rings. The van der Waals surface area contributed by atoms with Crippen molar-refractivity contribution in [3.05, 3.63) is 18.1 Å². The van der Waals surface area contributed by atoms with Crippen LogP contribution in [0.4, 0.5) is 5.69 Å². The van der Waals surface area contributed by atoms with Crippen LogP contribution in [0.25, 0.3) is 5.65 Å². The van der Waals surface area contributed by atoms with Crippen molar-refractivity contribution in [2.75, 3.05) is 18.0 Å². The van der Waals surface area contributed by atoms with E-state index in [2.05, 4.69) is 40.1 Å². The average Bonchev–Trinajstić information content (AvgIpc) is 2.81. The van der Waals surface area contributed by atoms with E-state index in [0.717, 1.165) is 42.8 Å². The molecule has 7 nitrogen and oxygen atoms in total. The minimum absolute atomic E-state index is 0.110. The minimum atomic E-state index is -0.220. The third kappa shape index (κ3) is 2.75. The Morgan fingerprint density at radius 2 is 2.23 bits per heavy atom. The number of primary amides is 1. The standard InChI is InChI=1S/C15H22N6O/c1-10(2)12-7-13(15-18-17-9-21(15)19-12)20-6-4-3-5-11(8-20)14(16)22/h7,9-11H,3-6,8H2,1-2H3,(H2,16,22). The highest BCUT2D eigenvalue weighted by Crippen LogP contribution is 2.27. The first-order valence-corrected chi connectivity index (χ1v) is 7.81. The number of carbonyl (C=O) groups is 1. The quantitative estimate of drug-likeness (QED) is 0.924. The molecule has 1 amide bonds. The first-order valence-electron chi connectivity index (χ1n) is 7.81. The fraction of sp³-hybridized carbons (Fsp3) is 0.600. The molecule has 3 rings (SSSR count). The zero-order valence-electron chi connectivity index (χ0n) is 13.1. The number of nitrogens with zero attached hydrogens (tertiary/aromatic N) is 5. The highest BCUT2D eigenvalue weighted by molar-refractivity contribution is 5.78. The van der Waals surface area contributed by atoms with Crippen LogP contribution in [0.1, 0.15) is 44.7 Å². The van der Waals surface area contributed by atoms with Crippen molar-refractivity contribution >= 4 is 17.2 Å². The van der Waals surface area contributed by atoms with E-state index < -0.39 is 0 Å². The van der Waals surface area contributed by atoms with E-state index in [-0.39, 0.29) is 11.8 Å². The van der Waals surface area contributed by atoms with Crippen LogP contribution in [0, 0.1) is 5.92 Å². The van der Waals surface area contributed by atoms with Gasteiger partial charge in [-0.3, -0.25) is 4.79 Å². The van der Waals surface area contributed by atoms with E-state index in [4.69, 9.17) is 5.73 Å². The summed E-state index contributed by atoms with van der Waals surface area (Å²) in [5, 5.41) is 12.7. The van der Waals surface area contributed by atoms with Gasteiger partial charge in [0, 0.05) is 13.1 Å². The number of nitrogens with two attached hydrogens (primary N) is 1. The van der Waals surface area contributed by atoms with Crippen molar-refractivity contribution in [3.63, 3.8) is 0 Å². The maximum atomic E-state index is 11.6. The number of carbonyl (C=O) groups excluding carboxylic acids is 1. The van der Waals surface area contributed by atoms with Gasteiger partial charge in [0.25, 0.3) is 0 Å². The Kier molecular flexibility index (Phi) is 3.96. The number of fused-ring (bicyclic) bond motifs is 1. The number of anilines is 1. The van der Waals surface area contributed by atoms with E-state index in [0.29, 0.717) is 12.5 Å². The van der Waals surface area contributed by atoms with E-state index >= 15 is 0 Å². The molecular formula is C15H22N6O. The van der Waals surface area contributed by atoms with Gasteiger partial charge in [0.05, 0.1) is 17.3 Å². The molecule has 0 saturated carbocycles. The van der Waals surface area contributed by atoms with Crippen molar-refractivity contribution < 1.29 is 4.79 Å². The van der Waals surface area contributed by atoms with Crippen LogP contribution in [-0.2, 0) is 4.79 Å². The summed E-state index contributed by atoms with van der Waals surface area (Å²) in [5.74, 6) is -0.0203. The molecule has 0 spiro atoms. The summed E-state index contributed by atoms with van der Waals surface area (Å²) >= 11 is 0. The molecule has 3 heterocycles. The molecule has 22 heavy (non-hydrogen) atoms. The topological polar surface area (TPSA) is 89.4 Å². The van der Waals surface area contributed by atoms with Gasteiger partial charge in [0.15, 0.2) is 0 Å². The molecule has 2 aromatic heterocycles. The lowest BCUT2D eigenvalue weighted by atomic mass is 10.0. The zero-order valence-corrected chi connectivity index (χ0v) is 13.1. The van der Waals surface area contributed by atoms with E-state index in [9.17, 15) is 4.79 Å².